The van der Waals surface area contributed by atoms with Crippen molar-refractivity contribution in [1.29, 1.82) is 0 Å². The first kappa shape index (κ1) is 53.4. The summed E-state index contributed by atoms with van der Waals surface area (Å²) in [5, 5.41) is 0. The van der Waals surface area contributed by atoms with Crippen molar-refractivity contribution in [3.8, 4) is 0 Å². The van der Waals surface area contributed by atoms with E-state index < -0.39 is 6.10 Å². The highest BCUT2D eigenvalue weighted by atomic mass is 16.6. The molecule has 0 saturated carbocycles. The molecule has 0 radical (unpaired) electrons. The van der Waals surface area contributed by atoms with Crippen LogP contribution in [0.1, 0.15) is 278 Å². The second-order valence-corrected chi connectivity index (χ2v) is 16.7. The number of hydrogen-bond acceptors (Lipinski definition) is 6. The molecule has 55 heavy (non-hydrogen) atoms. The molecule has 0 aromatic rings. The Morgan fingerprint density at radius 1 is 0.291 bits per heavy atom. The lowest BCUT2D eigenvalue weighted by molar-refractivity contribution is -0.167. The maximum atomic E-state index is 12.5. The van der Waals surface area contributed by atoms with Gasteiger partial charge in [-0.3, -0.25) is 14.4 Å². The van der Waals surface area contributed by atoms with Crippen LogP contribution in [0.2, 0.25) is 0 Å². The van der Waals surface area contributed by atoms with Crippen LogP contribution in [0.5, 0.6) is 0 Å². The molecule has 0 aromatic carbocycles. The van der Waals surface area contributed by atoms with Gasteiger partial charge < -0.3 is 14.2 Å². The van der Waals surface area contributed by atoms with Crippen molar-refractivity contribution in [1.82, 2.24) is 0 Å². The molecular formula is C49H94O6. The third kappa shape index (κ3) is 43.4. The zero-order valence-electron chi connectivity index (χ0n) is 37.2. The van der Waals surface area contributed by atoms with Crippen molar-refractivity contribution in [2.24, 2.45) is 0 Å². The minimum Gasteiger partial charge on any atom is -0.462 e. The smallest absolute Gasteiger partial charge is 0.306 e. The third-order valence-corrected chi connectivity index (χ3v) is 11.1. The Morgan fingerprint density at radius 2 is 0.491 bits per heavy atom. The fraction of sp³-hybridized carbons (Fsp3) is 0.939. The summed E-state index contributed by atoms with van der Waals surface area (Å²) >= 11 is 0. The molecule has 326 valence electrons. The second-order valence-electron chi connectivity index (χ2n) is 16.7. The molecule has 0 rings (SSSR count). The maximum absolute atomic E-state index is 12.5. The van der Waals surface area contributed by atoms with E-state index in [0.29, 0.717) is 19.3 Å². The van der Waals surface area contributed by atoms with Gasteiger partial charge in [-0.2, -0.15) is 0 Å². The van der Waals surface area contributed by atoms with E-state index in [-0.39, 0.29) is 31.1 Å². The molecule has 0 heterocycles. The van der Waals surface area contributed by atoms with E-state index in [2.05, 4.69) is 20.8 Å². The van der Waals surface area contributed by atoms with Gasteiger partial charge in [0.25, 0.3) is 0 Å². The number of rotatable bonds is 45. The van der Waals surface area contributed by atoms with Gasteiger partial charge in [0, 0.05) is 19.3 Å². The van der Waals surface area contributed by atoms with Gasteiger partial charge in [0.05, 0.1) is 0 Å². The van der Waals surface area contributed by atoms with Crippen molar-refractivity contribution in [2.75, 3.05) is 13.2 Å². The molecule has 0 aliphatic heterocycles. The second kappa shape index (κ2) is 45.1. The zero-order chi connectivity index (χ0) is 40.1. The molecule has 0 N–H and O–H groups in total. The van der Waals surface area contributed by atoms with E-state index in [0.717, 1.165) is 64.2 Å². The van der Waals surface area contributed by atoms with Crippen LogP contribution in [0.15, 0.2) is 0 Å². The zero-order valence-corrected chi connectivity index (χ0v) is 37.2. The van der Waals surface area contributed by atoms with E-state index in [4.69, 9.17) is 14.2 Å². The molecule has 1 unspecified atom stereocenters. The molecule has 0 saturated heterocycles. The summed E-state index contributed by atoms with van der Waals surface area (Å²) in [5.41, 5.74) is 0. The summed E-state index contributed by atoms with van der Waals surface area (Å²) in [6, 6.07) is 0. The fourth-order valence-corrected chi connectivity index (χ4v) is 7.38. The van der Waals surface area contributed by atoms with Crippen molar-refractivity contribution >= 4 is 17.9 Å². The first-order valence-corrected chi connectivity index (χ1v) is 24.5. The molecule has 0 bridgehead atoms. The monoisotopic (exact) mass is 779 g/mol. The van der Waals surface area contributed by atoms with Gasteiger partial charge in [0.15, 0.2) is 6.10 Å². The summed E-state index contributed by atoms with van der Waals surface area (Å²) in [4.78, 5) is 37.2. The van der Waals surface area contributed by atoms with E-state index in [9.17, 15) is 14.4 Å². The van der Waals surface area contributed by atoms with Gasteiger partial charge >= 0.3 is 17.9 Å². The minimum atomic E-state index is -0.755. The first-order valence-electron chi connectivity index (χ1n) is 24.5. The molecule has 0 aliphatic rings. The van der Waals surface area contributed by atoms with Gasteiger partial charge in [0.2, 0.25) is 0 Å². The Bertz CT molecular complexity index is 813. The number of esters is 3. The normalized spacial score (nSPS) is 11.8. The van der Waals surface area contributed by atoms with Gasteiger partial charge in [-0.1, -0.05) is 239 Å². The molecule has 0 spiro atoms. The van der Waals surface area contributed by atoms with Crippen molar-refractivity contribution < 1.29 is 28.6 Å². The molecule has 6 heteroatoms. The summed E-state index contributed by atoms with van der Waals surface area (Å²) in [5.74, 6) is -0.878. The van der Waals surface area contributed by atoms with E-state index in [1.54, 1.807) is 0 Å². The Balaban J connectivity index is 3.81. The molecule has 0 amide bonds. The molecule has 6 nitrogen and oxygen atoms in total. The Labute approximate surface area is 342 Å². The molecule has 0 aliphatic carbocycles. The van der Waals surface area contributed by atoms with E-state index in [1.807, 2.05) is 0 Å². The number of hydrogen-bond donors (Lipinski definition) is 0. The van der Waals surface area contributed by atoms with Crippen LogP contribution in [0.25, 0.3) is 0 Å². The predicted molar refractivity (Wildman–Crippen MR) is 233 cm³/mol. The molecular weight excluding hydrogens is 685 g/mol. The quantitative estimate of drug-likeness (QED) is 0.0348. The van der Waals surface area contributed by atoms with Crippen LogP contribution in [0, 0.1) is 0 Å². The Hall–Kier alpha value is -1.59. The van der Waals surface area contributed by atoms with E-state index in [1.165, 1.54) is 173 Å². The van der Waals surface area contributed by atoms with Gasteiger partial charge in [0.1, 0.15) is 13.2 Å². The largest absolute Gasteiger partial charge is 0.462 e. The topological polar surface area (TPSA) is 78.9 Å². The van der Waals surface area contributed by atoms with Crippen LogP contribution in [0.3, 0.4) is 0 Å². The maximum Gasteiger partial charge on any atom is 0.306 e. The van der Waals surface area contributed by atoms with Gasteiger partial charge in [-0.05, 0) is 19.3 Å². The van der Waals surface area contributed by atoms with Gasteiger partial charge in [-0.25, -0.2) is 0 Å². The molecule has 1 atom stereocenters. The van der Waals surface area contributed by atoms with Crippen molar-refractivity contribution in [3.63, 3.8) is 0 Å². The van der Waals surface area contributed by atoms with Crippen LogP contribution in [-0.4, -0.2) is 37.2 Å². The lowest BCUT2D eigenvalue weighted by atomic mass is 10.0. The Kier molecular flexibility index (Phi) is 43.8. The van der Waals surface area contributed by atoms with E-state index >= 15 is 0 Å². The summed E-state index contributed by atoms with van der Waals surface area (Å²) in [6.07, 6.45) is 47.5. The SMILES string of the molecule is CCCCCCCCCCCCCCCCCCCCCCCCCCCCC(=O)OCC(COC(=O)CCCCCCC)OC(=O)CCCCCCCC. The van der Waals surface area contributed by atoms with Crippen molar-refractivity contribution in [3.05, 3.63) is 0 Å². The highest BCUT2D eigenvalue weighted by molar-refractivity contribution is 5.71. The highest BCUT2D eigenvalue weighted by Gasteiger charge is 2.19. The van der Waals surface area contributed by atoms with Gasteiger partial charge in [-0.15, -0.1) is 0 Å². The fourth-order valence-electron chi connectivity index (χ4n) is 7.38. The van der Waals surface area contributed by atoms with Crippen molar-refractivity contribution in [2.45, 2.75) is 284 Å². The Morgan fingerprint density at radius 3 is 0.727 bits per heavy atom. The first-order chi connectivity index (χ1) is 27.0. The third-order valence-electron chi connectivity index (χ3n) is 11.1. The number of carbonyl (C=O) groups is 3. The summed E-state index contributed by atoms with van der Waals surface area (Å²) in [7, 11) is 0. The van der Waals surface area contributed by atoms with Crippen LogP contribution in [0.4, 0.5) is 0 Å². The number of ether oxygens (including phenoxy) is 3. The average molecular weight is 779 g/mol. The summed E-state index contributed by atoms with van der Waals surface area (Å²) in [6.45, 7) is 6.52. The van der Waals surface area contributed by atoms with Crippen LogP contribution < -0.4 is 0 Å². The minimum absolute atomic E-state index is 0.0651. The predicted octanol–water partition coefficient (Wildman–Crippen LogP) is 15.6. The van der Waals surface area contributed by atoms with Crippen LogP contribution >= 0.6 is 0 Å². The summed E-state index contributed by atoms with van der Waals surface area (Å²) < 4.78 is 16.5. The molecule has 0 fully saturated rings. The standard InChI is InChI=1S/C49H94O6/c1-4-7-10-13-15-16-17-18-19-20-21-22-23-24-25-26-27-28-29-30-31-32-33-34-37-39-42-48(51)54-45-46(44-53-47(50)41-38-35-12-9-6-3)55-49(52)43-40-36-14-11-8-5-2/h46H,4-45H2,1-3H3. The molecule has 0 aromatic heterocycles. The highest BCUT2D eigenvalue weighted by Crippen LogP contribution is 2.17. The lowest BCUT2D eigenvalue weighted by Gasteiger charge is -2.18. The number of unbranched alkanes of at least 4 members (excludes halogenated alkanes) is 34. The lowest BCUT2D eigenvalue weighted by Crippen LogP contribution is -2.30. The average Bonchev–Trinajstić information content (AvgIpc) is 3.18. The number of carbonyl (C=O) groups excluding carboxylic acids is 3. The van der Waals surface area contributed by atoms with Crippen LogP contribution in [-0.2, 0) is 28.6 Å².